The maximum atomic E-state index is 13.1. The van der Waals surface area contributed by atoms with Gasteiger partial charge in [0.2, 0.25) is 6.61 Å². The molecule has 2 N–H and O–H groups in total. The second kappa shape index (κ2) is 12.1. The molecule has 13 heteroatoms. The Morgan fingerprint density at radius 1 is 1.10 bits per heavy atom. The zero-order valence-corrected chi connectivity index (χ0v) is 22.3. The highest BCUT2D eigenvalue weighted by atomic mass is 32.2. The van der Waals surface area contributed by atoms with E-state index in [-0.39, 0.29) is 22.7 Å². The fourth-order valence-corrected chi connectivity index (χ4v) is 5.86. The molecular weight excluding hydrogens is 556 g/mol. The Balaban J connectivity index is 1.25. The number of rotatable bonds is 10. The molecule has 5 rings (SSSR count). The molecule has 0 bridgehead atoms. The van der Waals surface area contributed by atoms with Gasteiger partial charge in [0.15, 0.2) is 11.8 Å². The van der Waals surface area contributed by atoms with E-state index in [9.17, 15) is 24.3 Å². The topological polar surface area (TPSA) is 147 Å². The summed E-state index contributed by atoms with van der Waals surface area (Å²) in [6.07, 6.45) is 0.622. The number of carbonyl (C=O) groups is 4. The van der Waals surface area contributed by atoms with E-state index in [1.165, 1.54) is 39.7 Å². The Labute approximate surface area is 236 Å². The van der Waals surface area contributed by atoms with Crippen molar-refractivity contribution in [2.45, 2.75) is 17.5 Å². The van der Waals surface area contributed by atoms with Gasteiger partial charge in [0.05, 0.1) is 11.1 Å². The molecule has 1 unspecified atom stereocenters. The molecule has 0 saturated carbocycles. The number of esters is 1. The molecule has 11 nitrogen and oxygen atoms in total. The summed E-state index contributed by atoms with van der Waals surface area (Å²) in [6, 6.07) is 17.6. The number of thiazole rings is 1. The van der Waals surface area contributed by atoms with Crippen LogP contribution in [-0.4, -0.2) is 68.2 Å². The molecular formula is C27H22N4O7S2. The van der Waals surface area contributed by atoms with Gasteiger partial charge in [0, 0.05) is 17.3 Å². The van der Waals surface area contributed by atoms with Crippen LogP contribution in [0.3, 0.4) is 0 Å². The standard InChI is InChI=1S/C27H22N4O7S2/c32-20(38-23(16-7-3-1-4-8-16)17-9-5-2-6-10-17)12-37-30-21(19-14-39-15-28-19)24(33)29-22-25(34)31-11-18(27(35)36)13-40-26(22)31/h1-11,14-15,22-23,26H,12-13H2,(H,29,33)(H,35,36)/t22?,26-/m1/s1. The molecule has 3 heterocycles. The van der Waals surface area contributed by atoms with Crippen LogP contribution in [0.4, 0.5) is 0 Å². The predicted octanol–water partition coefficient (Wildman–Crippen LogP) is 2.57. The molecule has 1 saturated heterocycles. The van der Waals surface area contributed by atoms with Gasteiger partial charge < -0.3 is 24.9 Å². The van der Waals surface area contributed by atoms with Crippen LogP contribution < -0.4 is 5.32 Å². The first-order valence-electron chi connectivity index (χ1n) is 12.0. The second-order valence-corrected chi connectivity index (χ2v) is 10.5. The molecule has 0 radical (unpaired) electrons. The fraction of sp³-hybridized carbons (Fsp3) is 0.185. The number of oxime groups is 1. The van der Waals surface area contributed by atoms with Crippen molar-refractivity contribution in [3.05, 3.63) is 100 Å². The van der Waals surface area contributed by atoms with Crippen molar-refractivity contribution in [3.8, 4) is 0 Å². The average Bonchev–Trinajstić information content (AvgIpc) is 3.52. The van der Waals surface area contributed by atoms with Crippen molar-refractivity contribution in [1.82, 2.24) is 15.2 Å². The lowest BCUT2D eigenvalue weighted by Gasteiger charge is -2.46. The largest absolute Gasteiger partial charge is 0.478 e. The fourth-order valence-electron chi connectivity index (χ4n) is 4.07. The van der Waals surface area contributed by atoms with Crippen molar-refractivity contribution in [2.75, 3.05) is 12.4 Å². The molecule has 204 valence electrons. The van der Waals surface area contributed by atoms with Gasteiger partial charge in [-0.1, -0.05) is 65.8 Å². The number of nitrogens with zero attached hydrogens (tertiary/aromatic N) is 3. The van der Waals surface area contributed by atoms with Gasteiger partial charge in [0.1, 0.15) is 17.1 Å². The van der Waals surface area contributed by atoms with E-state index in [4.69, 9.17) is 9.57 Å². The minimum atomic E-state index is -1.10. The lowest BCUT2D eigenvalue weighted by atomic mass is 10.0. The molecule has 0 spiro atoms. The summed E-state index contributed by atoms with van der Waals surface area (Å²) in [4.78, 5) is 60.2. The summed E-state index contributed by atoms with van der Waals surface area (Å²) in [5.41, 5.74) is 3.14. The van der Waals surface area contributed by atoms with Gasteiger partial charge in [-0.2, -0.15) is 0 Å². The molecule has 40 heavy (non-hydrogen) atoms. The van der Waals surface area contributed by atoms with Crippen LogP contribution in [0, 0.1) is 0 Å². The van der Waals surface area contributed by atoms with Crippen molar-refractivity contribution in [2.24, 2.45) is 5.16 Å². The molecule has 2 atom stereocenters. The number of ether oxygens (including phenoxy) is 1. The number of aromatic nitrogens is 1. The smallest absolute Gasteiger partial charge is 0.347 e. The lowest BCUT2D eigenvalue weighted by molar-refractivity contribution is -0.153. The van der Waals surface area contributed by atoms with Gasteiger partial charge in [-0.05, 0) is 11.1 Å². The van der Waals surface area contributed by atoms with Gasteiger partial charge in [0.25, 0.3) is 11.8 Å². The number of fused-ring (bicyclic) bond motifs is 1. The number of β-lactam (4-membered cyclic amide) rings is 1. The van der Waals surface area contributed by atoms with E-state index >= 15 is 0 Å². The quantitative estimate of drug-likeness (QED) is 0.160. The van der Waals surface area contributed by atoms with Crippen molar-refractivity contribution in [3.63, 3.8) is 0 Å². The number of thioether (sulfide) groups is 1. The van der Waals surface area contributed by atoms with E-state index in [1.807, 2.05) is 60.7 Å². The van der Waals surface area contributed by atoms with Gasteiger partial charge in [-0.15, -0.1) is 23.1 Å². The first-order valence-corrected chi connectivity index (χ1v) is 14.0. The van der Waals surface area contributed by atoms with Crippen LogP contribution in [0.5, 0.6) is 0 Å². The normalized spacial score (nSPS) is 18.3. The highest BCUT2D eigenvalue weighted by Gasteiger charge is 2.50. The molecule has 1 aromatic heterocycles. The maximum Gasteiger partial charge on any atom is 0.347 e. The molecule has 1 fully saturated rings. The van der Waals surface area contributed by atoms with Gasteiger partial charge >= 0.3 is 11.9 Å². The van der Waals surface area contributed by atoms with Gasteiger partial charge in [-0.3, -0.25) is 9.59 Å². The number of amides is 2. The summed E-state index contributed by atoms with van der Waals surface area (Å²) in [5, 5.41) is 16.8. The molecule has 2 aromatic carbocycles. The third-order valence-electron chi connectivity index (χ3n) is 6.03. The zero-order valence-electron chi connectivity index (χ0n) is 20.7. The maximum absolute atomic E-state index is 13.1. The Morgan fingerprint density at radius 2 is 1.77 bits per heavy atom. The first-order chi connectivity index (χ1) is 19.4. The minimum absolute atomic E-state index is 0.103. The number of carbonyl (C=O) groups excluding carboxylic acids is 3. The zero-order chi connectivity index (χ0) is 28.1. The van der Waals surface area contributed by atoms with E-state index < -0.39 is 47.9 Å². The summed E-state index contributed by atoms with van der Waals surface area (Å²) in [7, 11) is 0. The lowest BCUT2D eigenvalue weighted by Crippen LogP contribution is -2.69. The monoisotopic (exact) mass is 578 g/mol. The van der Waals surface area contributed by atoms with Crippen molar-refractivity contribution < 1.29 is 33.9 Å². The summed E-state index contributed by atoms with van der Waals surface area (Å²) < 4.78 is 5.70. The van der Waals surface area contributed by atoms with E-state index in [1.54, 1.807) is 5.38 Å². The van der Waals surface area contributed by atoms with Crippen molar-refractivity contribution >= 4 is 52.6 Å². The van der Waals surface area contributed by atoms with Crippen LogP contribution >= 0.6 is 23.1 Å². The number of carboxylic acids is 1. The summed E-state index contributed by atoms with van der Waals surface area (Å²) in [6.45, 7) is -0.575. The Bertz CT molecular complexity index is 1420. The summed E-state index contributed by atoms with van der Waals surface area (Å²) in [5.74, 6) is -2.78. The number of carboxylic acid groups (broad SMARTS) is 1. The Kier molecular flexibility index (Phi) is 8.22. The molecule has 2 amide bonds. The number of hydrogen-bond donors (Lipinski definition) is 2. The number of hydrogen-bond acceptors (Lipinski definition) is 10. The highest BCUT2D eigenvalue weighted by molar-refractivity contribution is 8.00. The van der Waals surface area contributed by atoms with E-state index in [0.29, 0.717) is 0 Å². The number of aliphatic carboxylic acids is 1. The van der Waals surface area contributed by atoms with Crippen LogP contribution in [0.25, 0.3) is 0 Å². The molecule has 2 aliphatic rings. The molecule has 2 aliphatic heterocycles. The SMILES string of the molecule is O=C(CON=C(C(=O)NC1C(=O)N2C=C(C(=O)O)CS[C@H]12)c1cscn1)OC(c1ccccc1)c1ccccc1. The number of benzene rings is 2. The first kappa shape index (κ1) is 27.1. The van der Waals surface area contributed by atoms with E-state index in [0.717, 1.165) is 11.1 Å². The molecule has 0 aliphatic carbocycles. The van der Waals surface area contributed by atoms with Crippen LogP contribution in [0.2, 0.25) is 0 Å². The van der Waals surface area contributed by atoms with Crippen LogP contribution in [0.15, 0.2) is 88.5 Å². The minimum Gasteiger partial charge on any atom is -0.478 e. The average molecular weight is 579 g/mol. The highest BCUT2D eigenvalue weighted by Crippen LogP contribution is 2.36. The Hall–Kier alpha value is -4.49. The Morgan fingerprint density at radius 3 is 2.38 bits per heavy atom. The molecule has 3 aromatic rings. The second-order valence-electron chi connectivity index (χ2n) is 8.64. The number of nitrogens with one attached hydrogen (secondary N) is 1. The van der Waals surface area contributed by atoms with E-state index in [2.05, 4.69) is 15.5 Å². The van der Waals surface area contributed by atoms with Crippen LogP contribution in [-0.2, 0) is 28.8 Å². The van der Waals surface area contributed by atoms with Gasteiger partial charge in [-0.25, -0.2) is 14.6 Å². The van der Waals surface area contributed by atoms with Crippen LogP contribution in [0.1, 0.15) is 22.9 Å². The predicted molar refractivity (Wildman–Crippen MR) is 146 cm³/mol. The summed E-state index contributed by atoms with van der Waals surface area (Å²) >= 11 is 2.46. The third kappa shape index (κ3) is 5.90. The third-order valence-corrected chi connectivity index (χ3v) is 7.93. The van der Waals surface area contributed by atoms with Crippen molar-refractivity contribution in [1.29, 1.82) is 0 Å².